The minimum absolute atomic E-state index is 0.259. The van der Waals surface area contributed by atoms with Crippen molar-refractivity contribution in [3.05, 3.63) is 0 Å². The normalized spacial score (nSPS) is 16.2. The standard InChI is InChI=1S/C4H8N2O3/c5-2(1-7)3(8)4(6)9/h1-3,8H,5H2,(H2,6,9)/t2-,3?/m1/s1. The predicted octanol–water partition coefficient (Wildman–Crippen LogP) is -2.64. The summed E-state index contributed by atoms with van der Waals surface area (Å²) in [4.78, 5) is 19.8. The first kappa shape index (κ1) is 8.06. The number of hydrogen-bond acceptors (Lipinski definition) is 4. The Morgan fingerprint density at radius 2 is 2.11 bits per heavy atom. The Bertz CT molecular complexity index is 125. The zero-order valence-corrected chi connectivity index (χ0v) is 4.65. The van der Waals surface area contributed by atoms with E-state index in [1.165, 1.54) is 0 Å². The second kappa shape index (κ2) is 3.16. The molecular weight excluding hydrogens is 124 g/mol. The van der Waals surface area contributed by atoms with E-state index in [4.69, 9.17) is 10.8 Å². The highest BCUT2D eigenvalue weighted by Gasteiger charge is 2.18. The van der Waals surface area contributed by atoms with Crippen molar-refractivity contribution in [1.29, 1.82) is 0 Å². The van der Waals surface area contributed by atoms with E-state index in [1.807, 2.05) is 0 Å². The average Bonchev–Trinajstić information content (AvgIpc) is 1.84. The molecule has 9 heavy (non-hydrogen) atoms. The molecule has 0 aliphatic carbocycles. The van der Waals surface area contributed by atoms with Crippen LogP contribution in [0.15, 0.2) is 0 Å². The van der Waals surface area contributed by atoms with Crippen LogP contribution in [0.4, 0.5) is 0 Å². The summed E-state index contributed by atoms with van der Waals surface area (Å²) in [6.45, 7) is 0. The van der Waals surface area contributed by atoms with Gasteiger partial charge in [0.25, 0.3) is 0 Å². The van der Waals surface area contributed by atoms with E-state index in [2.05, 4.69) is 5.73 Å². The van der Waals surface area contributed by atoms with Crippen molar-refractivity contribution in [2.75, 3.05) is 0 Å². The number of hydrogen-bond donors (Lipinski definition) is 3. The molecule has 0 saturated heterocycles. The van der Waals surface area contributed by atoms with Crippen LogP contribution >= 0.6 is 0 Å². The van der Waals surface area contributed by atoms with Crippen LogP contribution in [0.5, 0.6) is 0 Å². The Kier molecular flexibility index (Phi) is 2.83. The molecule has 0 aromatic rings. The monoisotopic (exact) mass is 132 g/mol. The van der Waals surface area contributed by atoms with Gasteiger partial charge in [-0.1, -0.05) is 0 Å². The largest absolute Gasteiger partial charge is 0.381 e. The van der Waals surface area contributed by atoms with E-state index >= 15 is 0 Å². The summed E-state index contributed by atoms with van der Waals surface area (Å²) >= 11 is 0. The van der Waals surface area contributed by atoms with Crippen molar-refractivity contribution in [3.63, 3.8) is 0 Å². The first-order valence-corrected chi connectivity index (χ1v) is 2.28. The molecule has 5 heteroatoms. The van der Waals surface area contributed by atoms with E-state index in [-0.39, 0.29) is 6.29 Å². The molecule has 0 saturated carbocycles. The van der Waals surface area contributed by atoms with Gasteiger partial charge in [0.05, 0.1) is 6.04 Å². The number of rotatable bonds is 3. The molecule has 0 bridgehead atoms. The lowest BCUT2D eigenvalue weighted by Crippen LogP contribution is -2.44. The molecule has 0 aromatic heterocycles. The van der Waals surface area contributed by atoms with Crippen LogP contribution in [0.3, 0.4) is 0 Å². The number of primary amides is 1. The van der Waals surface area contributed by atoms with Gasteiger partial charge in [-0.15, -0.1) is 0 Å². The van der Waals surface area contributed by atoms with E-state index < -0.39 is 18.1 Å². The maximum Gasteiger partial charge on any atom is 0.248 e. The van der Waals surface area contributed by atoms with Crippen molar-refractivity contribution in [2.45, 2.75) is 12.1 Å². The molecule has 1 amide bonds. The lowest BCUT2D eigenvalue weighted by atomic mass is 10.2. The molecule has 0 spiro atoms. The SMILES string of the molecule is NC(=O)C(O)[C@H](N)C=O. The molecule has 0 fully saturated rings. The van der Waals surface area contributed by atoms with E-state index in [0.29, 0.717) is 0 Å². The van der Waals surface area contributed by atoms with Crippen molar-refractivity contribution in [3.8, 4) is 0 Å². The minimum atomic E-state index is -1.57. The number of aliphatic hydroxyl groups excluding tert-OH is 1. The lowest BCUT2D eigenvalue weighted by Gasteiger charge is -2.06. The second-order valence-electron chi connectivity index (χ2n) is 1.56. The quantitative estimate of drug-likeness (QED) is 0.365. The summed E-state index contributed by atoms with van der Waals surface area (Å²) in [6.07, 6.45) is -1.31. The highest BCUT2D eigenvalue weighted by molar-refractivity contribution is 5.83. The fourth-order valence-electron chi connectivity index (χ4n) is 0.264. The predicted molar refractivity (Wildman–Crippen MR) is 29.2 cm³/mol. The molecule has 52 valence electrons. The van der Waals surface area contributed by atoms with E-state index in [1.54, 1.807) is 0 Å². The second-order valence-corrected chi connectivity index (χ2v) is 1.56. The molecule has 1 unspecified atom stereocenters. The summed E-state index contributed by atoms with van der Waals surface area (Å²) in [5, 5.41) is 8.56. The lowest BCUT2D eigenvalue weighted by molar-refractivity contribution is -0.129. The summed E-state index contributed by atoms with van der Waals surface area (Å²) in [6, 6.07) is -1.21. The van der Waals surface area contributed by atoms with Gasteiger partial charge in [0.1, 0.15) is 6.29 Å². The number of aliphatic hydroxyl groups is 1. The highest BCUT2D eigenvalue weighted by atomic mass is 16.3. The molecular formula is C4H8N2O3. The van der Waals surface area contributed by atoms with Crippen molar-refractivity contribution >= 4 is 12.2 Å². The third-order valence-corrected chi connectivity index (χ3v) is 0.813. The van der Waals surface area contributed by atoms with Gasteiger partial charge >= 0.3 is 0 Å². The number of carbonyl (C=O) groups is 2. The summed E-state index contributed by atoms with van der Waals surface area (Å²) in [5.41, 5.74) is 9.48. The molecule has 5 nitrogen and oxygen atoms in total. The summed E-state index contributed by atoms with van der Waals surface area (Å²) in [5.74, 6) is -0.991. The maximum absolute atomic E-state index is 10.0. The zero-order valence-electron chi connectivity index (χ0n) is 4.65. The molecule has 0 aliphatic heterocycles. The Hall–Kier alpha value is -0.940. The van der Waals surface area contributed by atoms with Crippen LogP contribution in [0.2, 0.25) is 0 Å². The summed E-state index contributed by atoms with van der Waals surface area (Å²) < 4.78 is 0. The number of nitrogens with two attached hydrogens (primary N) is 2. The minimum Gasteiger partial charge on any atom is -0.381 e. The van der Waals surface area contributed by atoms with Crippen molar-refractivity contribution < 1.29 is 14.7 Å². The third kappa shape index (κ3) is 2.20. The van der Waals surface area contributed by atoms with Crippen molar-refractivity contribution in [2.24, 2.45) is 11.5 Å². The Labute approximate surface area is 51.6 Å². The Balaban J connectivity index is 3.86. The van der Waals surface area contributed by atoms with Crippen LogP contribution in [0.25, 0.3) is 0 Å². The first-order valence-electron chi connectivity index (χ1n) is 2.28. The van der Waals surface area contributed by atoms with Crippen molar-refractivity contribution in [1.82, 2.24) is 0 Å². The molecule has 2 atom stereocenters. The van der Waals surface area contributed by atoms with Gasteiger partial charge in [0, 0.05) is 0 Å². The number of aldehydes is 1. The molecule has 0 aromatic carbocycles. The van der Waals surface area contributed by atoms with Gasteiger partial charge in [-0.05, 0) is 0 Å². The fraction of sp³-hybridized carbons (Fsp3) is 0.500. The van der Waals surface area contributed by atoms with Crippen LogP contribution < -0.4 is 11.5 Å². The Morgan fingerprint density at radius 3 is 2.22 bits per heavy atom. The summed E-state index contributed by atoms with van der Waals surface area (Å²) in [7, 11) is 0. The van der Waals surface area contributed by atoms with Gasteiger partial charge in [-0.25, -0.2) is 0 Å². The van der Waals surface area contributed by atoms with E-state index in [0.717, 1.165) is 0 Å². The Morgan fingerprint density at radius 1 is 1.67 bits per heavy atom. The van der Waals surface area contributed by atoms with Gasteiger partial charge in [-0.2, -0.15) is 0 Å². The smallest absolute Gasteiger partial charge is 0.248 e. The van der Waals surface area contributed by atoms with Crippen LogP contribution in [-0.2, 0) is 9.59 Å². The number of amides is 1. The van der Waals surface area contributed by atoms with E-state index in [9.17, 15) is 9.59 Å². The first-order chi connectivity index (χ1) is 4.09. The van der Waals surface area contributed by atoms with Crippen LogP contribution in [-0.4, -0.2) is 29.4 Å². The molecule has 5 N–H and O–H groups in total. The number of carbonyl (C=O) groups excluding carboxylic acids is 2. The zero-order chi connectivity index (χ0) is 7.44. The average molecular weight is 132 g/mol. The topological polar surface area (TPSA) is 106 Å². The van der Waals surface area contributed by atoms with Gasteiger partial charge < -0.3 is 21.4 Å². The van der Waals surface area contributed by atoms with Crippen LogP contribution in [0, 0.1) is 0 Å². The maximum atomic E-state index is 10.0. The third-order valence-electron chi connectivity index (χ3n) is 0.813. The van der Waals surface area contributed by atoms with Gasteiger partial charge in [0.2, 0.25) is 5.91 Å². The molecule has 0 radical (unpaired) electrons. The molecule has 0 rings (SSSR count). The highest BCUT2D eigenvalue weighted by Crippen LogP contribution is 1.82. The molecule has 0 heterocycles. The molecule has 0 aliphatic rings. The van der Waals surface area contributed by atoms with Gasteiger partial charge in [0.15, 0.2) is 6.10 Å². The van der Waals surface area contributed by atoms with Crippen LogP contribution in [0.1, 0.15) is 0 Å². The fourth-order valence-corrected chi connectivity index (χ4v) is 0.264. The van der Waals surface area contributed by atoms with Gasteiger partial charge in [-0.3, -0.25) is 4.79 Å².